The van der Waals surface area contributed by atoms with Gasteiger partial charge in [0.2, 0.25) is 5.91 Å². The molecule has 1 aromatic carbocycles. The molecule has 0 saturated carbocycles. The van der Waals surface area contributed by atoms with Crippen molar-refractivity contribution in [3.05, 3.63) is 59.0 Å². The predicted octanol–water partition coefficient (Wildman–Crippen LogP) is 3.73. The second-order valence-electron chi connectivity index (χ2n) is 6.78. The van der Waals surface area contributed by atoms with E-state index in [4.69, 9.17) is 16.0 Å². The lowest BCUT2D eigenvalue weighted by Crippen LogP contribution is -2.46. The summed E-state index contributed by atoms with van der Waals surface area (Å²) in [4.78, 5) is 26.5. The van der Waals surface area contributed by atoms with E-state index in [-0.39, 0.29) is 23.9 Å². The molecule has 7 heteroatoms. The van der Waals surface area contributed by atoms with Crippen molar-refractivity contribution in [3.63, 3.8) is 0 Å². The number of urea groups is 1. The molecular weight excluding hydrogens is 366 g/mol. The number of likely N-dealkylation sites (tertiary alicyclic amines) is 1. The summed E-state index contributed by atoms with van der Waals surface area (Å²) in [5.74, 6) is 0.659. The molecule has 0 aliphatic carbocycles. The van der Waals surface area contributed by atoms with Crippen LogP contribution < -0.4 is 10.6 Å². The van der Waals surface area contributed by atoms with Crippen LogP contribution >= 0.6 is 11.6 Å². The van der Waals surface area contributed by atoms with Crippen LogP contribution in [0.4, 0.5) is 4.79 Å². The third-order valence-corrected chi connectivity index (χ3v) is 5.09. The van der Waals surface area contributed by atoms with Crippen molar-refractivity contribution in [2.45, 2.75) is 32.4 Å². The van der Waals surface area contributed by atoms with E-state index in [9.17, 15) is 9.59 Å². The molecule has 3 rings (SSSR count). The second-order valence-corrected chi connectivity index (χ2v) is 7.22. The summed E-state index contributed by atoms with van der Waals surface area (Å²) in [5.41, 5.74) is 0.977. The molecule has 1 aromatic heterocycles. The number of benzene rings is 1. The Morgan fingerprint density at radius 2 is 2.04 bits per heavy atom. The largest absolute Gasteiger partial charge is 0.467 e. The zero-order chi connectivity index (χ0) is 19.2. The highest BCUT2D eigenvalue weighted by atomic mass is 35.5. The minimum Gasteiger partial charge on any atom is -0.467 e. The van der Waals surface area contributed by atoms with Gasteiger partial charge in [0.05, 0.1) is 18.8 Å². The van der Waals surface area contributed by atoms with Crippen LogP contribution in [-0.4, -0.2) is 29.9 Å². The molecule has 2 aromatic rings. The molecule has 0 spiro atoms. The first-order valence-corrected chi connectivity index (χ1v) is 9.51. The summed E-state index contributed by atoms with van der Waals surface area (Å²) >= 11 is 6.02. The molecule has 1 aliphatic rings. The molecule has 0 radical (unpaired) electrons. The normalized spacial score (nSPS) is 16.0. The number of carbonyl (C=O) groups is 2. The highest BCUT2D eigenvalue weighted by Crippen LogP contribution is 2.21. The minimum absolute atomic E-state index is 0.0260. The van der Waals surface area contributed by atoms with E-state index in [0.717, 1.165) is 5.56 Å². The van der Waals surface area contributed by atoms with Crippen molar-refractivity contribution in [2.75, 3.05) is 13.1 Å². The zero-order valence-electron chi connectivity index (χ0n) is 15.3. The number of piperidine rings is 1. The molecule has 1 atom stereocenters. The first-order chi connectivity index (χ1) is 13.0. The molecule has 0 unspecified atom stereocenters. The van der Waals surface area contributed by atoms with Crippen molar-refractivity contribution < 1.29 is 14.0 Å². The van der Waals surface area contributed by atoms with Crippen LogP contribution in [-0.2, 0) is 11.3 Å². The number of nitrogens with one attached hydrogen (secondary N) is 2. The fourth-order valence-corrected chi connectivity index (χ4v) is 3.42. The fraction of sp³-hybridized carbons (Fsp3) is 0.400. The molecule has 2 heterocycles. The maximum atomic E-state index is 12.5. The average Bonchev–Trinajstić information content (AvgIpc) is 3.20. The van der Waals surface area contributed by atoms with Crippen LogP contribution in [0.3, 0.4) is 0 Å². The number of rotatable bonds is 5. The zero-order valence-corrected chi connectivity index (χ0v) is 16.0. The Labute approximate surface area is 163 Å². The van der Waals surface area contributed by atoms with Crippen molar-refractivity contribution in [1.82, 2.24) is 15.5 Å². The smallest absolute Gasteiger partial charge is 0.317 e. The van der Waals surface area contributed by atoms with Gasteiger partial charge in [0.15, 0.2) is 0 Å². The number of amides is 3. The van der Waals surface area contributed by atoms with Gasteiger partial charge in [0.25, 0.3) is 0 Å². The summed E-state index contributed by atoms with van der Waals surface area (Å²) < 4.78 is 5.21. The van der Waals surface area contributed by atoms with Gasteiger partial charge in [0, 0.05) is 24.0 Å². The van der Waals surface area contributed by atoms with Crippen molar-refractivity contribution in [3.8, 4) is 0 Å². The summed E-state index contributed by atoms with van der Waals surface area (Å²) in [6.07, 6.45) is 2.89. The third kappa shape index (κ3) is 5.26. The molecule has 1 fully saturated rings. The molecule has 6 nitrogen and oxygen atoms in total. The van der Waals surface area contributed by atoms with Gasteiger partial charge in [0.1, 0.15) is 5.76 Å². The third-order valence-electron chi connectivity index (χ3n) is 4.85. The van der Waals surface area contributed by atoms with Crippen LogP contribution in [0.15, 0.2) is 47.1 Å². The highest BCUT2D eigenvalue weighted by molar-refractivity contribution is 6.30. The summed E-state index contributed by atoms with van der Waals surface area (Å²) in [7, 11) is 0. The van der Waals surface area contributed by atoms with Gasteiger partial charge in [-0.3, -0.25) is 4.79 Å². The summed E-state index contributed by atoms with van der Waals surface area (Å²) in [6.45, 7) is 3.44. The van der Waals surface area contributed by atoms with Gasteiger partial charge >= 0.3 is 6.03 Å². The Morgan fingerprint density at radius 1 is 1.26 bits per heavy atom. The minimum atomic E-state index is -0.127. The predicted molar refractivity (Wildman–Crippen MR) is 103 cm³/mol. The van der Waals surface area contributed by atoms with Crippen molar-refractivity contribution in [1.29, 1.82) is 0 Å². The van der Waals surface area contributed by atoms with E-state index in [1.807, 2.05) is 37.3 Å². The van der Waals surface area contributed by atoms with Crippen molar-refractivity contribution >= 4 is 23.5 Å². The Bertz CT molecular complexity index is 771. The van der Waals surface area contributed by atoms with Gasteiger partial charge in [-0.15, -0.1) is 0 Å². The van der Waals surface area contributed by atoms with Crippen LogP contribution in [0.1, 0.15) is 37.1 Å². The number of carbonyl (C=O) groups excluding carboxylic acids is 2. The monoisotopic (exact) mass is 389 g/mol. The Morgan fingerprint density at radius 3 is 2.70 bits per heavy atom. The van der Waals surface area contributed by atoms with Crippen LogP contribution in [0.2, 0.25) is 5.02 Å². The fourth-order valence-electron chi connectivity index (χ4n) is 3.22. The first kappa shape index (κ1) is 19.3. The van der Waals surface area contributed by atoms with E-state index >= 15 is 0 Å². The van der Waals surface area contributed by atoms with Gasteiger partial charge in [-0.25, -0.2) is 4.79 Å². The standard InChI is InChI=1S/C20H24ClN3O3/c1-14(16-4-2-5-17(21)12-16)23-19(25)15-7-9-24(10-8-15)20(26)22-13-18-6-3-11-27-18/h2-6,11-12,14-15H,7-10,13H2,1H3,(H,22,26)(H,23,25)/t14-/m0/s1. The second kappa shape index (κ2) is 8.95. The lowest BCUT2D eigenvalue weighted by atomic mass is 9.95. The van der Waals surface area contributed by atoms with Gasteiger partial charge in [-0.1, -0.05) is 23.7 Å². The molecule has 2 N–H and O–H groups in total. The topological polar surface area (TPSA) is 74.6 Å². The van der Waals surface area contributed by atoms with Gasteiger partial charge < -0.3 is 20.0 Å². The van der Waals surface area contributed by atoms with E-state index in [1.54, 1.807) is 17.2 Å². The number of halogens is 1. The van der Waals surface area contributed by atoms with Gasteiger partial charge in [-0.05, 0) is 49.6 Å². The number of hydrogen-bond acceptors (Lipinski definition) is 3. The molecule has 0 bridgehead atoms. The first-order valence-electron chi connectivity index (χ1n) is 9.14. The lowest BCUT2D eigenvalue weighted by Gasteiger charge is -2.32. The Balaban J connectivity index is 1.44. The number of nitrogens with zero attached hydrogens (tertiary/aromatic N) is 1. The van der Waals surface area contributed by atoms with E-state index in [2.05, 4.69) is 10.6 Å². The molecular formula is C20H24ClN3O3. The molecule has 1 saturated heterocycles. The van der Waals surface area contributed by atoms with Crippen LogP contribution in [0.5, 0.6) is 0 Å². The Hall–Kier alpha value is -2.47. The maximum absolute atomic E-state index is 12.5. The van der Waals surface area contributed by atoms with E-state index in [0.29, 0.717) is 43.3 Å². The van der Waals surface area contributed by atoms with Crippen molar-refractivity contribution in [2.24, 2.45) is 5.92 Å². The number of hydrogen-bond donors (Lipinski definition) is 2. The molecule has 1 aliphatic heterocycles. The molecule has 144 valence electrons. The SMILES string of the molecule is C[C@H](NC(=O)C1CCN(C(=O)NCc2ccco2)CC1)c1cccc(Cl)c1. The maximum Gasteiger partial charge on any atom is 0.317 e. The van der Waals surface area contributed by atoms with Crippen LogP contribution in [0, 0.1) is 5.92 Å². The quantitative estimate of drug-likeness (QED) is 0.818. The van der Waals surface area contributed by atoms with E-state index in [1.165, 1.54) is 0 Å². The highest BCUT2D eigenvalue weighted by Gasteiger charge is 2.28. The lowest BCUT2D eigenvalue weighted by molar-refractivity contribution is -0.126. The summed E-state index contributed by atoms with van der Waals surface area (Å²) in [5, 5.41) is 6.54. The van der Waals surface area contributed by atoms with E-state index < -0.39 is 0 Å². The number of furan rings is 1. The Kier molecular flexibility index (Phi) is 6.40. The summed E-state index contributed by atoms with van der Waals surface area (Å²) in [6, 6.07) is 10.9. The molecule has 3 amide bonds. The van der Waals surface area contributed by atoms with Gasteiger partial charge in [-0.2, -0.15) is 0 Å². The molecule has 27 heavy (non-hydrogen) atoms. The average molecular weight is 390 g/mol. The van der Waals surface area contributed by atoms with Crippen LogP contribution in [0.25, 0.3) is 0 Å².